The van der Waals surface area contributed by atoms with Crippen molar-refractivity contribution in [3.63, 3.8) is 0 Å². The van der Waals surface area contributed by atoms with Crippen LogP contribution in [0.5, 0.6) is 0 Å². The second-order valence-corrected chi connectivity index (χ2v) is 6.40. The number of carbonyl (C=O) groups excluding carboxylic acids is 1. The number of benzene rings is 1. The fraction of sp³-hybridized carbons (Fsp3) is 0.417. The Morgan fingerprint density at radius 1 is 1.37 bits per heavy atom. The molecular weight excluding hydrogens is 266 g/mol. The highest BCUT2D eigenvalue weighted by Crippen LogP contribution is 2.15. The Balaban J connectivity index is 2.13. The predicted octanol–water partition coefficient (Wildman–Crippen LogP) is -0.127. The summed E-state index contributed by atoms with van der Waals surface area (Å²) in [5.41, 5.74) is 6.58. The van der Waals surface area contributed by atoms with Crippen molar-refractivity contribution in [2.45, 2.75) is 30.3 Å². The predicted molar refractivity (Wildman–Crippen MR) is 70.8 cm³/mol. The van der Waals surface area contributed by atoms with Crippen LogP contribution in [0.4, 0.5) is 0 Å². The third-order valence-corrected chi connectivity index (χ3v) is 4.55. The number of amides is 1. The van der Waals surface area contributed by atoms with E-state index in [0.717, 1.165) is 5.56 Å². The number of sulfonamides is 1. The van der Waals surface area contributed by atoms with Crippen molar-refractivity contribution in [2.75, 3.05) is 6.54 Å². The second-order valence-electron chi connectivity index (χ2n) is 4.68. The Kier molecular flexibility index (Phi) is 3.88. The first-order valence-electron chi connectivity index (χ1n) is 6.03. The molecular formula is C12H17N3O3S. The van der Waals surface area contributed by atoms with Crippen LogP contribution < -0.4 is 15.8 Å². The van der Waals surface area contributed by atoms with Crippen LogP contribution in [-0.4, -0.2) is 26.9 Å². The van der Waals surface area contributed by atoms with Crippen LogP contribution in [0.25, 0.3) is 0 Å². The molecule has 0 spiro atoms. The average Bonchev–Trinajstić information content (AvgIpc) is 2.74. The minimum atomic E-state index is -3.59. The molecule has 1 aromatic rings. The van der Waals surface area contributed by atoms with Crippen molar-refractivity contribution < 1.29 is 13.2 Å². The lowest BCUT2D eigenvalue weighted by Crippen LogP contribution is -2.36. The molecule has 0 radical (unpaired) electrons. The van der Waals surface area contributed by atoms with E-state index in [1.807, 2.05) is 6.92 Å². The minimum absolute atomic E-state index is 0.138. The summed E-state index contributed by atoms with van der Waals surface area (Å²) in [6, 6.07) is 5.90. The van der Waals surface area contributed by atoms with Crippen LogP contribution in [0, 0.1) is 0 Å². The SMILES string of the molecule is CC(N)c1ccc(S(=O)(=O)NC2CNC(=O)C2)cc1. The Morgan fingerprint density at radius 2 is 2.00 bits per heavy atom. The summed E-state index contributed by atoms with van der Waals surface area (Å²) >= 11 is 0. The van der Waals surface area contributed by atoms with Gasteiger partial charge in [-0.2, -0.15) is 0 Å². The largest absolute Gasteiger partial charge is 0.354 e. The van der Waals surface area contributed by atoms with Gasteiger partial charge in [-0.05, 0) is 24.6 Å². The van der Waals surface area contributed by atoms with Gasteiger partial charge in [-0.15, -0.1) is 0 Å². The van der Waals surface area contributed by atoms with E-state index in [4.69, 9.17) is 5.73 Å². The molecule has 4 N–H and O–H groups in total. The van der Waals surface area contributed by atoms with Gasteiger partial charge < -0.3 is 11.1 Å². The summed E-state index contributed by atoms with van der Waals surface area (Å²) in [5, 5.41) is 2.59. The minimum Gasteiger partial charge on any atom is -0.354 e. The van der Waals surface area contributed by atoms with Gasteiger partial charge in [-0.3, -0.25) is 4.79 Å². The number of rotatable bonds is 4. The molecule has 1 amide bonds. The third kappa shape index (κ3) is 3.31. The molecule has 2 rings (SSSR count). The molecule has 2 atom stereocenters. The van der Waals surface area contributed by atoms with E-state index in [2.05, 4.69) is 10.0 Å². The van der Waals surface area contributed by atoms with E-state index in [-0.39, 0.29) is 29.3 Å². The van der Waals surface area contributed by atoms with E-state index in [1.165, 1.54) is 12.1 Å². The van der Waals surface area contributed by atoms with Gasteiger partial charge in [-0.25, -0.2) is 13.1 Å². The Labute approximate surface area is 112 Å². The molecule has 7 heteroatoms. The van der Waals surface area contributed by atoms with Crippen molar-refractivity contribution in [3.8, 4) is 0 Å². The van der Waals surface area contributed by atoms with E-state index in [1.54, 1.807) is 12.1 Å². The zero-order chi connectivity index (χ0) is 14.0. The van der Waals surface area contributed by atoms with Gasteiger partial charge in [0.25, 0.3) is 0 Å². The zero-order valence-corrected chi connectivity index (χ0v) is 11.4. The highest BCUT2D eigenvalue weighted by Gasteiger charge is 2.26. The fourth-order valence-corrected chi connectivity index (χ4v) is 3.16. The maximum absolute atomic E-state index is 12.1. The average molecular weight is 283 g/mol. The molecule has 1 fully saturated rings. The molecule has 0 aromatic heterocycles. The fourth-order valence-electron chi connectivity index (χ4n) is 1.93. The van der Waals surface area contributed by atoms with Crippen molar-refractivity contribution in [1.82, 2.24) is 10.0 Å². The van der Waals surface area contributed by atoms with Gasteiger partial charge in [0, 0.05) is 25.0 Å². The molecule has 1 aliphatic rings. The third-order valence-electron chi connectivity index (χ3n) is 3.02. The highest BCUT2D eigenvalue weighted by molar-refractivity contribution is 7.89. The van der Waals surface area contributed by atoms with E-state index >= 15 is 0 Å². The van der Waals surface area contributed by atoms with Gasteiger partial charge in [0.15, 0.2) is 0 Å². The Morgan fingerprint density at radius 3 is 2.47 bits per heavy atom. The lowest BCUT2D eigenvalue weighted by Gasteiger charge is -2.12. The highest BCUT2D eigenvalue weighted by atomic mass is 32.2. The molecule has 0 aliphatic carbocycles. The van der Waals surface area contributed by atoms with Gasteiger partial charge in [0.2, 0.25) is 15.9 Å². The van der Waals surface area contributed by atoms with Gasteiger partial charge in [0.05, 0.1) is 4.90 Å². The van der Waals surface area contributed by atoms with Crippen molar-refractivity contribution >= 4 is 15.9 Å². The summed E-state index contributed by atoms with van der Waals surface area (Å²) in [6.07, 6.45) is 0.178. The Hall–Kier alpha value is -1.44. The molecule has 1 saturated heterocycles. The number of nitrogens with two attached hydrogens (primary N) is 1. The first-order valence-corrected chi connectivity index (χ1v) is 7.51. The standard InChI is InChI=1S/C12H17N3O3S/c1-8(13)9-2-4-11(5-3-9)19(17,18)15-10-6-12(16)14-7-10/h2-5,8,10,15H,6-7,13H2,1H3,(H,14,16). The first-order chi connectivity index (χ1) is 8.88. The molecule has 1 aromatic carbocycles. The van der Waals surface area contributed by atoms with Gasteiger partial charge in [-0.1, -0.05) is 12.1 Å². The van der Waals surface area contributed by atoms with Crippen LogP contribution in [0.15, 0.2) is 29.2 Å². The summed E-state index contributed by atoms with van der Waals surface area (Å²) in [7, 11) is -3.59. The second kappa shape index (κ2) is 5.28. The smallest absolute Gasteiger partial charge is 0.240 e. The van der Waals surface area contributed by atoms with Crippen molar-refractivity contribution in [2.24, 2.45) is 5.73 Å². The normalized spacial score (nSPS) is 21.2. The molecule has 0 saturated carbocycles. The van der Waals surface area contributed by atoms with Crippen LogP contribution in [0.2, 0.25) is 0 Å². The maximum atomic E-state index is 12.1. The molecule has 2 unspecified atom stereocenters. The first kappa shape index (κ1) is 14.0. The maximum Gasteiger partial charge on any atom is 0.240 e. The van der Waals surface area contributed by atoms with Crippen LogP contribution in [-0.2, 0) is 14.8 Å². The summed E-state index contributed by atoms with van der Waals surface area (Å²) in [5.74, 6) is -0.139. The van der Waals surface area contributed by atoms with E-state index in [9.17, 15) is 13.2 Å². The molecule has 0 bridgehead atoms. The van der Waals surface area contributed by atoms with Gasteiger partial charge >= 0.3 is 0 Å². The van der Waals surface area contributed by atoms with Crippen LogP contribution in [0.1, 0.15) is 24.9 Å². The number of hydrogen-bond acceptors (Lipinski definition) is 4. The molecule has 1 heterocycles. The summed E-state index contributed by atoms with van der Waals surface area (Å²) in [4.78, 5) is 11.2. The molecule has 104 valence electrons. The zero-order valence-electron chi connectivity index (χ0n) is 10.6. The van der Waals surface area contributed by atoms with Crippen LogP contribution in [0.3, 0.4) is 0 Å². The number of carbonyl (C=O) groups is 1. The quantitative estimate of drug-likeness (QED) is 0.716. The van der Waals surface area contributed by atoms with Crippen LogP contribution >= 0.6 is 0 Å². The van der Waals surface area contributed by atoms with E-state index < -0.39 is 10.0 Å². The molecule has 6 nitrogen and oxygen atoms in total. The monoisotopic (exact) mass is 283 g/mol. The van der Waals surface area contributed by atoms with Crippen molar-refractivity contribution in [1.29, 1.82) is 0 Å². The summed E-state index contributed by atoms with van der Waals surface area (Å²) in [6.45, 7) is 2.16. The van der Waals surface area contributed by atoms with Crippen molar-refractivity contribution in [3.05, 3.63) is 29.8 Å². The molecule has 1 aliphatic heterocycles. The Bertz CT molecular complexity index is 566. The summed E-state index contributed by atoms with van der Waals surface area (Å²) < 4.78 is 26.7. The van der Waals surface area contributed by atoms with E-state index in [0.29, 0.717) is 6.54 Å². The topological polar surface area (TPSA) is 101 Å². The lowest BCUT2D eigenvalue weighted by atomic mass is 10.1. The molecule has 19 heavy (non-hydrogen) atoms. The number of hydrogen-bond donors (Lipinski definition) is 3. The number of nitrogens with one attached hydrogen (secondary N) is 2. The lowest BCUT2D eigenvalue weighted by molar-refractivity contribution is -0.119. The van der Waals surface area contributed by atoms with Gasteiger partial charge in [0.1, 0.15) is 0 Å².